The zero-order valence-corrected chi connectivity index (χ0v) is 27.7. The third-order valence-electron chi connectivity index (χ3n) is 7.11. The van der Waals surface area contributed by atoms with Gasteiger partial charge in [-0.2, -0.15) is 0 Å². The van der Waals surface area contributed by atoms with Crippen LogP contribution in [0.25, 0.3) is 10.2 Å². The molecule has 3 N–H and O–H groups in total. The summed E-state index contributed by atoms with van der Waals surface area (Å²) in [4.78, 5) is 43.1. The number of para-hydroxylation sites is 1. The summed E-state index contributed by atoms with van der Waals surface area (Å²) in [5, 5.41) is 8.66. The Morgan fingerprint density at radius 2 is 1.42 bits per heavy atom. The topological polar surface area (TPSA) is 100 Å². The lowest BCUT2D eigenvalue weighted by molar-refractivity contribution is -0.119. The summed E-state index contributed by atoms with van der Waals surface area (Å²) in [6.07, 6.45) is 0. The number of carbonyl (C=O) groups excluding carboxylic acids is 3. The van der Waals surface area contributed by atoms with Crippen LogP contribution < -0.4 is 16.0 Å². The number of hydrogen-bond donors (Lipinski definition) is 3. The van der Waals surface area contributed by atoms with Crippen molar-refractivity contribution in [1.29, 1.82) is 0 Å². The molecule has 0 fully saturated rings. The number of rotatable bonds is 12. The van der Waals surface area contributed by atoms with Crippen molar-refractivity contribution in [3.63, 3.8) is 0 Å². The number of thiazole rings is 1. The summed E-state index contributed by atoms with van der Waals surface area (Å²) in [6, 6.07) is 31.0. The van der Waals surface area contributed by atoms with Crippen molar-refractivity contribution >= 4 is 74.2 Å². The number of thioether (sulfide) groups is 2. The first-order valence-corrected chi connectivity index (χ1v) is 17.3. The van der Waals surface area contributed by atoms with Crippen molar-refractivity contribution in [3.8, 4) is 0 Å². The van der Waals surface area contributed by atoms with Gasteiger partial charge in [-0.15, -0.1) is 23.1 Å². The Kier molecular flexibility index (Phi) is 10.9. The van der Waals surface area contributed by atoms with Crippen molar-refractivity contribution in [2.75, 3.05) is 22.1 Å². The van der Waals surface area contributed by atoms with E-state index in [9.17, 15) is 14.4 Å². The van der Waals surface area contributed by atoms with E-state index < -0.39 is 5.25 Å². The summed E-state index contributed by atoms with van der Waals surface area (Å²) in [5.41, 5.74) is 6.32. The Morgan fingerprint density at radius 1 is 0.778 bits per heavy atom. The van der Waals surface area contributed by atoms with Gasteiger partial charge in [0, 0.05) is 11.4 Å². The van der Waals surface area contributed by atoms with Crippen LogP contribution in [0, 0.1) is 13.8 Å². The molecule has 10 heteroatoms. The van der Waals surface area contributed by atoms with Crippen LogP contribution in [0.1, 0.15) is 35.2 Å². The van der Waals surface area contributed by atoms with E-state index in [2.05, 4.69) is 20.9 Å². The van der Waals surface area contributed by atoms with Crippen LogP contribution in [-0.4, -0.2) is 39.5 Å². The van der Waals surface area contributed by atoms with Gasteiger partial charge in [-0.05, 0) is 61.2 Å². The van der Waals surface area contributed by atoms with Gasteiger partial charge in [0.25, 0.3) is 0 Å². The number of benzene rings is 4. The minimum Gasteiger partial charge on any atom is -0.344 e. The molecule has 0 unspecified atom stereocenters. The zero-order valence-electron chi connectivity index (χ0n) is 25.2. The van der Waals surface area contributed by atoms with Gasteiger partial charge in [-0.1, -0.05) is 90.6 Å². The van der Waals surface area contributed by atoms with E-state index in [0.29, 0.717) is 5.69 Å². The zero-order chi connectivity index (χ0) is 31.8. The summed E-state index contributed by atoms with van der Waals surface area (Å²) in [7, 11) is 0. The second-order valence-electron chi connectivity index (χ2n) is 10.5. The molecular weight excluding hydrogens is 621 g/mol. The Balaban J connectivity index is 1.13. The minimum atomic E-state index is -0.425. The molecule has 0 aliphatic carbocycles. The number of aryl methyl sites for hydroxylation is 2. The molecule has 3 amide bonds. The third-order valence-corrected chi connectivity index (χ3v) is 10.4. The molecule has 7 nitrogen and oxygen atoms in total. The lowest BCUT2D eigenvalue weighted by atomic mass is 9.99. The molecule has 0 bridgehead atoms. The number of nitrogens with one attached hydrogen (secondary N) is 3. The summed E-state index contributed by atoms with van der Waals surface area (Å²) < 4.78 is 1.69. The number of amides is 3. The Morgan fingerprint density at radius 3 is 2.07 bits per heavy atom. The van der Waals surface area contributed by atoms with E-state index in [1.54, 1.807) is 6.92 Å². The molecule has 5 aromatic rings. The smallest absolute Gasteiger partial charge is 0.237 e. The maximum atomic E-state index is 13.0. The van der Waals surface area contributed by atoms with Gasteiger partial charge < -0.3 is 16.0 Å². The molecule has 0 spiro atoms. The highest BCUT2D eigenvalue weighted by molar-refractivity contribution is 8.01. The maximum Gasteiger partial charge on any atom is 0.237 e. The summed E-state index contributed by atoms with van der Waals surface area (Å²) >= 11 is 4.16. The van der Waals surface area contributed by atoms with Gasteiger partial charge >= 0.3 is 0 Å². The van der Waals surface area contributed by atoms with Crippen molar-refractivity contribution in [3.05, 3.63) is 119 Å². The average molecular weight is 655 g/mol. The largest absolute Gasteiger partial charge is 0.344 e. The molecule has 45 heavy (non-hydrogen) atoms. The predicted octanol–water partition coefficient (Wildman–Crippen LogP) is 7.61. The van der Waals surface area contributed by atoms with E-state index in [4.69, 9.17) is 0 Å². The first-order chi connectivity index (χ1) is 21.8. The number of anilines is 2. The fourth-order valence-electron chi connectivity index (χ4n) is 4.73. The molecule has 0 radical (unpaired) electrons. The van der Waals surface area contributed by atoms with Crippen molar-refractivity contribution in [1.82, 2.24) is 10.3 Å². The molecule has 1 aromatic heterocycles. The maximum absolute atomic E-state index is 13.0. The fraction of sp³-hybridized carbons (Fsp3) is 0.200. The minimum absolute atomic E-state index is 0.0841. The van der Waals surface area contributed by atoms with Crippen LogP contribution in [-0.2, 0) is 14.4 Å². The highest BCUT2D eigenvalue weighted by Gasteiger charge is 2.19. The van der Waals surface area contributed by atoms with Crippen LogP contribution >= 0.6 is 34.9 Å². The van der Waals surface area contributed by atoms with Gasteiger partial charge in [0.1, 0.15) is 0 Å². The number of fused-ring (bicyclic) bond motifs is 1. The first-order valence-electron chi connectivity index (χ1n) is 14.5. The number of nitrogens with zero attached hydrogens (tertiary/aromatic N) is 1. The molecule has 0 saturated carbocycles. The van der Waals surface area contributed by atoms with Crippen molar-refractivity contribution in [2.24, 2.45) is 0 Å². The molecule has 0 saturated heterocycles. The second kappa shape index (κ2) is 15.2. The average Bonchev–Trinajstić information content (AvgIpc) is 3.46. The monoisotopic (exact) mass is 654 g/mol. The molecular formula is C35H34N4O3S3. The van der Waals surface area contributed by atoms with E-state index in [0.717, 1.165) is 42.5 Å². The lowest BCUT2D eigenvalue weighted by Gasteiger charge is -2.19. The van der Waals surface area contributed by atoms with E-state index in [1.807, 2.05) is 111 Å². The van der Waals surface area contributed by atoms with E-state index in [1.165, 1.54) is 34.9 Å². The number of hydrogen-bond acceptors (Lipinski definition) is 7. The Labute approximate surface area is 275 Å². The first kappa shape index (κ1) is 32.3. The van der Waals surface area contributed by atoms with Crippen LogP contribution in [0.15, 0.2) is 101 Å². The van der Waals surface area contributed by atoms with E-state index in [-0.39, 0.29) is 35.3 Å². The van der Waals surface area contributed by atoms with Gasteiger partial charge in [0.15, 0.2) is 4.34 Å². The predicted molar refractivity (Wildman–Crippen MR) is 188 cm³/mol. The highest BCUT2D eigenvalue weighted by atomic mass is 32.2. The molecule has 1 heterocycles. The summed E-state index contributed by atoms with van der Waals surface area (Å²) in [6.45, 7) is 5.70. The second-order valence-corrected chi connectivity index (χ2v) is 14.1. The highest BCUT2D eigenvalue weighted by Crippen LogP contribution is 2.32. The number of aromatic nitrogens is 1. The van der Waals surface area contributed by atoms with E-state index >= 15 is 0 Å². The molecule has 0 aliphatic heterocycles. The molecule has 5 rings (SSSR count). The Bertz CT molecular complexity index is 1730. The molecule has 0 aliphatic rings. The molecule has 230 valence electrons. The summed E-state index contributed by atoms with van der Waals surface area (Å²) in [5.74, 6) is -0.00864. The van der Waals surface area contributed by atoms with Gasteiger partial charge in [0.2, 0.25) is 17.7 Å². The van der Waals surface area contributed by atoms with Crippen molar-refractivity contribution < 1.29 is 14.4 Å². The van der Waals surface area contributed by atoms with Crippen LogP contribution in [0.4, 0.5) is 11.4 Å². The van der Waals surface area contributed by atoms with Crippen LogP contribution in [0.5, 0.6) is 0 Å². The van der Waals surface area contributed by atoms with Crippen molar-refractivity contribution in [2.45, 2.75) is 36.4 Å². The van der Waals surface area contributed by atoms with Gasteiger partial charge in [-0.25, -0.2) is 4.98 Å². The Hall–Kier alpha value is -4.12. The molecule has 4 aromatic carbocycles. The van der Waals surface area contributed by atoms with Crippen LogP contribution in [0.3, 0.4) is 0 Å². The molecule has 1 atom stereocenters. The van der Waals surface area contributed by atoms with Gasteiger partial charge in [0.05, 0.1) is 33.0 Å². The van der Waals surface area contributed by atoms with Crippen LogP contribution in [0.2, 0.25) is 0 Å². The SMILES string of the molecule is Cc1cccc(C)c1NC(=O)CS[C@@H](C)C(=O)Nc1ccc2nc(SCC(=O)NC(c3ccccc3)c3ccccc3)sc2c1. The lowest BCUT2D eigenvalue weighted by Crippen LogP contribution is -2.30. The normalized spacial score (nSPS) is 11.7. The standard InChI is InChI=1S/C35H34N4O3S3/c1-22-11-10-12-23(2)32(22)38-30(40)20-43-24(3)34(42)36-27-17-18-28-29(19-27)45-35(37-28)44-21-31(41)39-33(25-13-6-4-7-14-25)26-15-8-5-9-16-26/h4-19,24,33H,20-21H2,1-3H3,(H,36,42)(H,38,40)(H,39,41)/t24-/m0/s1. The number of carbonyl (C=O) groups is 3. The quantitative estimate of drug-likeness (QED) is 0.120. The third kappa shape index (κ3) is 8.75. The fourth-order valence-corrected chi connectivity index (χ4v) is 7.33. The van der Waals surface area contributed by atoms with Gasteiger partial charge in [-0.3, -0.25) is 14.4 Å².